The Hall–Kier alpha value is -1.70. The fourth-order valence-electron chi connectivity index (χ4n) is 2.08. The molecule has 0 unspecified atom stereocenters. The first-order chi connectivity index (χ1) is 11.5. The lowest BCUT2D eigenvalue weighted by molar-refractivity contribution is -0.115. The van der Waals surface area contributed by atoms with E-state index in [2.05, 4.69) is 21.2 Å². The maximum Gasteiger partial charge on any atom is 0.263 e. The minimum absolute atomic E-state index is 0.187. The molecule has 3 rings (SSSR count). The first kappa shape index (κ1) is 17.1. The van der Waals surface area contributed by atoms with Crippen LogP contribution in [0.25, 0.3) is 6.08 Å². The van der Waals surface area contributed by atoms with Crippen molar-refractivity contribution in [1.29, 1.82) is 0 Å². The van der Waals surface area contributed by atoms with Crippen LogP contribution < -0.4 is 10.1 Å². The number of thiocarbonyl (C=S) groups is 1. The molecule has 122 valence electrons. The Kier molecular flexibility index (Phi) is 5.33. The molecule has 0 aliphatic carbocycles. The third-order valence-corrected chi connectivity index (χ3v) is 4.96. The van der Waals surface area contributed by atoms with Gasteiger partial charge in [0.05, 0.1) is 9.38 Å². The normalized spacial score (nSPS) is 15.7. The number of carbonyl (C=O) groups excluding carboxylic acids is 1. The van der Waals surface area contributed by atoms with E-state index in [1.165, 1.54) is 23.9 Å². The van der Waals surface area contributed by atoms with Gasteiger partial charge in [-0.25, -0.2) is 4.39 Å². The zero-order valence-electron chi connectivity index (χ0n) is 12.2. The Morgan fingerprint density at radius 1 is 1.29 bits per heavy atom. The molecule has 24 heavy (non-hydrogen) atoms. The third-order valence-electron chi connectivity index (χ3n) is 3.18. The highest BCUT2D eigenvalue weighted by molar-refractivity contribution is 9.10. The van der Waals surface area contributed by atoms with E-state index in [4.69, 9.17) is 17.0 Å². The van der Waals surface area contributed by atoms with E-state index in [0.29, 0.717) is 15.0 Å². The SMILES string of the molecule is O=C1NC(=S)S/C1=C\c1ccc(OCc2cccc(F)c2)c(Br)c1. The second kappa shape index (κ2) is 7.46. The van der Waals surface area contributed by atoms with Gasteiger partial charge in [0.2, 0.25) is 0 Å². The maximum absolute atomic E-state index is 13.2. The molecular weight excluding hydrogens is 413 g/mol. The number of hydrogen-bond donors (Lipinski definition) is 1. The van der Waals surface area contributed by atoms with E-state index >= 15 is 0 Å². The lowest BCUT2D eigenvalue weighted by Crippen LogP contribution is -2.17. The van der Waals surface area contributed by atoms with Gasteiger partial charge in [-0.05, 0) is 57.4 Å². The van der Waals surface area contributed by atoms with Gasteiger partial charge in [-0.2, -0.15) is 0 Å². The number of halogens is 2. The first-order valence-electron chi connectivity index (χ1n) is 6.93. The largest absolute Gasteiger partial charge is 0.488 e. The summed E-state index contributed by atoms with van der Waals surface area (Å²) in [5.74, 6) is 0.162. The Labute approximate surface area is 156 Å². The zero-order valence-corrected chi connectivity index (χ0v) is 15.4. The van der Waals surface area contributed by atoms with Crippen molar-refractivity contribution >= 4 is 56.2 Å². The van der Waals surface area contributed by atoms with Crippen LogP contribution in [0.1, 0.15) is 11.1 Å². The number of benzene rings is 2. The van der Waals surface area contributed by atoms with Crippen molar-refractivity contribution in [3.63, 3.8) is 0 Å². The maximum atomic E-state index is 13.2. The van der Waals surface area contributed by atoms with Crippen molar-refractivity contribution in [1.82, 2.24) is 5.32 Å². The van der Waals surface area contributed by atoms with E-state index in [0.717, 1.165) is 15.6 Å². The molecule has 1 amide bonds. The monoisotopic (exact) mass is 423 g/mol. The Morgan fingerprint density at radius 3 is 2.79 bits per heavy atom. The molecule has 0 radical (unpaired) electrons. The molecular formula is C17H11BrFNO2S2. The van der Waals surface area contributed by atoms with Crippen LogP contribution in [0.5, 0.6) is 5.75 Å². The molecule has 1 saturated heterocycles. The minimum atomic E-state index is -0.289. The molecule has 1 heterocycles. The molecule has 1 fully saturated rings. The molecule has 7 heteroatoms. The van der Waals surface area contributed by atoms with Crippen LogP contribution in [0.3, 0.4) is 0 Å². The Morgan fingerprint density at radius 2 is 2.12 bits per heavy atom. The summed E-state index contributed by atoms with van der Waals surface area (Å²) in [5.41, 5.74) is 1.60. The smallest absolute Gasteiger partial charge is 0.263 e. The van der Waals surface area contributed by atoms with Crippen LogP contribution in [0.2, 0.25) is 0 Å². The molecule has 0 bridgehead atoms. The van der Waals surface area contributed by atoms with Crippen molar-refractivity contribution < 1.29 is 13.9 Å². The predicted molar refractivity (Wildman–Crippen MR) is 101 cm³/mol. The molecule has 3 nitrogen and oxygen atoms in total. The van der Waals surface area contributed by atoms with Gasteiger partial charge in [0.1, 0.15) is 22.5 Å². The number of hydrogen-bond acceptors (Lipinski definition) is 4. The third kappa shape index (κ3) is 4.23. The highest BCUT2D eigenvalue weighted by Crippen LogP contribution is 2.30. The summed E-state index contributed by atoms with van der Waals surface area (Å²) >= 11 is 9.65. The van der Waals surface area contributed by atoms with Crippen LogP contribution in [0, 0.1) is 5.82 Å². The molecule has 0 aromatic heterocycles. The van der Waals surface area contributed by atoms with Gasteiger partial charge in [0.25, 0.3) is 5.91 Å². The van der Waals surface area contributed by atoms with Crippen LogP contribution in [-0.2, 0) is 11.4 Å². The van der Waals surface area contributed by atoms with Crippen LogP contribution >= 0.6 is 39.9 Å². The molecule has 0 spiro atoms. The summed E-state index contributed by atoms with van der Waals surface area (Å²) < 4.78 is 20.1. The fraction of sp³-hybridized carbons (Fsp3) is 0.0588. The van der Waals surface area contributed by atoms with E-state index in [1.54, 1.807) is 24.3 Å². The van der Waals surface area contributed by atoms with Crippen molar-refractivity contribution in [3.8, 4) is 5.75 Å². The summed E-state index contributed by atoms with van der Waals surface area (Å²) in [6.45, 7) is 0.267. The topological polar surface area (TPSA) is 38.3 Å². The van der Waals surface area contributed by atoms with E-state index < -0.39 is 0 Å². The molecule has 0 atom stereocenters. The quantitative estimate of drug-likeness (QED) is 0.573. The number of rotatable bonds is 4. The van der Waals surface area contributed by atoms with Gasteiger partial charge in [-0.15, -0.1) is 0 Å². The van der Waals surface area contributed by atoms with Crippen LogP contribution in [0.4, 0.5) is 4.39 Å². The second-order valence-electron chi connectivity index (χ2n) is 4.96. The standard InChI is InChI=1S/C17H11BrFNO2S2/c18-13-7-10(8-15-16(21)20-17(23)24-15)4-5-14(13)22-9-11-2-1-3-12(19)6-11/h1-8H,9H2,(H,20,21,23)/b15-8-. The predicted octanol–water partition coefficient (Wildman–Crippen LogP) is 4.66. The second-order valence-corrected chi connectivity index (χ2v) is 7.53. The summed E-state index contributed by atoms with van der Waals surface area (Å²) in [4.78, 5) is 12.2. The number of nitrogens with one attached hydrogen (secondary N) is 1. The first-order valence-corrected chi connectivity index (χ1v) is 8.95. The highest BCUT2D eigenvalue weighted by atomic mass is 79.9. The van der Waals surface area contributed by atoms with Gasteiger partial charge in [0, 0.05) is 0 Å². The molecule has 1 aliphatic heterocycles. The van der Waals surface area contributed by atoms with E-state index in [-0.39, 0.29) is 18.3 Å². The number of thioether (sulfide) groups is 1. The zero-order chi connectivity index (χ0) is 17.1. The molecule has 0 saturated carbocycles. The molecule has 1 N–H and O–H groups in total. The molecule has 2 aromatic carbocycles. The van der Waals surface area contributed by atoms with Crippen LogP contribution in [0.15, 0.2) is 51.8 Å². The van der Waals surface area contributed by atoms with Crippen molar-refractivity contribution in [2.45, 2.75) is 6.61 Å². The summed E-state index contributed by atoms with van der Waals surface area (Å²) in [6, 6.07) is 11.8. The van der Waals surface area contributed by atoms with Crippen molar-refractivity contribution in [3.05, 3.63) is 68.8 Å². The van der Waals surface area contributed by atoms with Gasteiger partial charge in [-0.1, -0.05) is 42.2 Å². The minimum Gasteiger partial charge on any atom is -0.488 e. The highest BCUT2D eigenvalue weighted by Gasteiger charge is 2.21. The lowest BCUT2D eigenvalue weighted by Gasteiger charge is -2.09. The Bertz CT molecular complexity index is 854. The molecule has 2 aromatic rings. The van der Waals surface area contributed by atoms with Crippen molar-refractivity contribution in [2.24, 2.45) is 0 Å². The average molecular weight is 424 g/mol. The average Bonchev–Trinajstić information content (AvgIpc) is 2.84. The number of carbonyl (C=O) groups is 1. The van der Waals surface area contributed by atoms with E-state index in [9.17, 15) is 9.18 Å². The van der Waals surface area contributed by atoms with Gasteiger partial charge < -0.3 is 10.1 Å². The van der Waals surface area contributed by atoms with Gasteiger partial charge >= 0.3 is 0 Å². The summed E-state index contributed by atoms with van der Waals surface area (Å²) in [5, 5.41) is 2.58. The van der Waals surface area contributed by atoms with E-state index in [1.807, 2.05) is 12.1 Å². The van der Waals surface area contributed by atoms with Gasteiger partial charge in [-0.3, -0.25) is 4.79 Å². The van der Waals surface area contributed by atoms with Crippen molar-refractivity contribution in [2.75, 3.05) is 0 Å². The Balaban J connectivity index is 1.72. The fourth-order valence-corrected chi connectivity index (χ4v) is 3.64. The lowest BCUT2D eigenvalue weighted by atomic mass is 10.2. The number of amides is 1. The number of ether oxygens (including phenoxy) is 1. The summed E-state index contributed by atoms with van der Waals surface area (Å²) in [6.07, 6.45) is 1.76. The van der Waals surface area contributed by atoms with Crippen LogP contribution in [-0.4, -0.2) is 10.2 Å². The van der Waals surface area contributed by atoms with Gasteiger partial charge in [0.15, 0.2) is 0 Å². The summed E-state index contributed by atoms with van der Waals surface area (Å²) in [7, 11) is 0. The molecule has 1 aliphatic rings.